The van der Waals surface area contributed by atoms with Crippen LogP contribution in [0.3, 0.4) is 0 Å². The predicted molar refractivity (Wildman–Crippen MR) is 118 cm³/mol. The second kappa shape index (κ2) is 8.55. The molecule has 3 aromatic rings. The molecular formula is C25H28N2O4. The van der Waals surface area contributed by atoms with E-state index in [4.69, 9.17) is 19.3 Å². The largest absolute Gasteiger partial charge is 0.490 e. The highest BCUT2D eigenvalue weighted by Crippen LogP contribution is 2.32. The highest BCUT2D eigenvalue weighted by Gasteiger charge is 2.30. The summed E-state index contributed by atoms with van der Waals surface area (Å²) in [6, 6.07) is 18.2. The molecule has 0 bridgehead atoms. The van der Waals surface area contributed by atoms with E-state index in [1.165, 1.54) is 7.11 Å². The molecule has 0 atom stereocenters. The number of carbonyl (C=O) groups excluding carboxylic acids is 1. The Morgan fingerprint density at radius 2 is 1.90 bits per heavy atom. The number of rotatable bonds is 8. The Bertz CT molecular complexity index is 1080. The number of hydrogen-bond donors (Lipinski definition) is 0. The van der Waals surface area contributed by atoms with Crippen molar-refractivity contribution in [1.29, 1.82) is 0 Å². The molecule has 6 nitrogen and oxygen atoms in total. The van der Waals surface area contributed by atoms with E-state index in [9.17, 15) is 4.79 Å². The van der Waals surface area contributed by atoms with Crippen LogP contribution in [0.2, 0.25) is 0 Å². The number of aromatic nitrogens is 2. The lowest BCUT2D eigenvalue weighted by atomic mass is 10.1. The minimum atomic E-state index is -1.06. The molecule has 1 aliphatic rings. The van der Waals surface area contributed by atoms with Crippen molar-refractivity contribution in [3.63, 3.8) is 0 Å². The van der Waals surface area contributed by atoms with E-state index >= 15 is 0 Å². The fraction of sp³-hybridized carbons (Fsp3) is 0.360. The molecule has 162 valence electrons. The number of nitrogens with zero attached hydrogens (tertiary/aromatic N) is 2. The molecule has 0 radical (unpaired) electrons. The molecule has 0 N–H and O–H groups in total. The number of methoxy groups -OCH3 is 1. The molecule has 4 rings (SSSR count). The summed E-state index contributed by atoms with van der Waals surface area (Å²) < 4.78 is 18.6. The van der Waals surface area contributed by atoms with Crippen molar-refractivity contribution in [2.24, 2.45) is 0 Å². The second-order valence-corrected chi connectivity index (χ2v) is 8.35. The normalized spacial score (nSPS) is 13.8. The number of esters is 1. The van der Waals surface area contributed by atoms with Gasteiger partial charge in [0.25, 0.3) is 0 Å². The van der Waals surface area contributed by atoms with Gasteiger partial charge < -0.3 is 14.2 Å². The van der Waals surface area contributed by atoms with E-state index in [0.717, 1.165) is 46.8 Å². The number of para-hydroxylation sites is 1. The van der Waals surface area contributed by atoms with Crippen molar-refractivity contribution in [2.75, 3.05) is 7.11 Å². The number of ether oxygens (including phenoxy) is 3. The Morgan fingerprint density at radius 1 is 1.13 bits per heavy atom. The van der Waals surface area contributed by atoms with Gasteiger partial charge in [0, 0.05) is 5.56 Å². The van der Waals surface area contributed by atoms with Crippen LogP contribution in [0, 0.1) is 6.92 Å². The fourth-order valence-corrected chi connectivity index (χ4v) is 3.36. The molecule has 0 saturated heterocycles. The summed E-state index contributed by atoms with van der Waals surface area (Å²) >= 11 is 0. The summed E-state index contributed by atoms with van der Waals surface area (Å²) in [5.41, 5.74) is 3.71. The molecule has 0 spiro atoms. The number of benzene rings is 2. The van der Waals surface area contributed by atoms with Gasteiger partial charge in [0.2, 0.25) is 0 Å². The Labute approximate surface area is 182 Å². The van der Waals surface area contributed by atoms with Crippen molar-refractivity contribution >= 4 is 5.97 Å². The predicted octanol–water partition coefficient (Wildman–Crippen LogP) is 4.86. The maximum Gasteiger partial charge on any atom is 0.337 e. The number of hydrogen-bond acceptors (Lipinski definition) is 5. The van der Waals surface area contributed by atoms with Gasteiger partial charge in [0.15, 0.2) is 5.60 Å². The molecular weight excluding hydrogens is 392 g/mol. The fourth-order valence-electron chi connectivity index (χ4n) is 3.36. The van der Waals surface area contributed by atoms with E-state index < -0.39 is 11.6 Å². The lowest BCUT2D eigenvalue weighted by Gasteiger charge is -2.21. The molecule has 6 heteroatoms. The van der Waals surface area contributed by atoms with Crippen molar-refractivity contribution in [3.05, 3.63) is 65.9 Å². The third kappa shape index (κ3) is 4.80. The van der Waals surface area contributed by atoms with Crippen LogP contribution in [0.5, 0.6) is 5.75 Å². The van der Waals surface area contributed by atoms with Gasteiger partial charge in [-0.3, -0.25) is 0 Å². The van der Waals surface area contributed by atoms with E-state index in [0.29, 0.717) is 6.10 Å². The highest BCUT2D eigenvalue weighted by molar-refractivity contribution is 5.78. The topological polar surface area (TPSA) is 62.6 Å². The lowest BCUT2D eigenvalue weighted by Crippen LogP contribution is -2.35. The van der Waals surface area contributed by atoms with Crippen LogP contribution >= 0.6 is 0 Å². The Hall–Kier alpha value is -3.12. The van der Waals surface area contributed by atoms with Crippen LogP contribution in [0.4, 0.5) is 0 Å². The van der Waals surface area contributed by atoms with Gasteiger partial charge in [-0.15, -0.1) is 0 Å². The van der Waals surface area contributed by atoms with Crippen molar-refractivity contribution < 1.29 is 19.0 Å². The molecule has 0 unspecified atom stereocenters. The van der Waals surface area contributed by atoms with Gasteiger partial charge in [-0.25, -0.2) is 9.48 Å². The van der Waals surface area contributed by atoms with Crippen LogP contribution in [0.25, 0.3) is 16.9 Å². The maximum atomic E-state index is 12.0. The smallest absolute Gasteiger partial charge is 0.337 e. The van der Waals surface area contributed by atoms with Gasteiger partial charge in [-0.1, -0.05) is 30.3 Å². The van der Waals surface area contributed by atoms with Crippen LogP contribution < -0.4 is 4.74 Å². The summed E-state index contributed by atoms with van der Waals surface area (Å²) in [5.74, 6) is 0.443. The first-order chi connectivity index (χ1) is 14.9. The van der Waals surface area contributed by atoms with E-state index in [-0.39, 0.29) is 6.61 Å². The molecule has 31 heavy (non-hydrogen) atoms. The second-order valence-electron chi connectivity index (χ2n) is 8.35. The minimum absolute atomic E-state index is 0.187. The number of carbonyl (C=O) groups is 1. The van der Waals surface area contributed by atoms with E-state index in [1.54, 1.807) is 13.8 Å². The molecule has 0 amide bonds. The zero-order valence-electron chi connectivity index (χ0n) is 18.4. The zero-order chi connectivity index (χ0) is 22.0. The summed E-state index contributed by atoms with van der Waals surface area (Å²) in [7, 11) is 1.36. The first-order valence-electron chi connectivity index (χ1n) is 10.5. The van der Waals surface area contributed by atoms with Gasteiger partial charge in [-0.05, 0) is 63.4 Å². The lowest BCUT2D eigenvalue weighted by molar-refractivity contribution is -0.166. The first-order valence-corrected chi connectivity index (χ1v) is 10.5. The van der Waals surface area contributed by atoms with Gasteiger partial charge in [-0.2, -0.15) is 5.10 Å². The molecule has 1 saturated carbocycles. The third-order valence-electron chi connectivity index (χ3n) is 5.32. The Morgan fingerprint density at radius 3 is 2.61 bits per heavy atom. The van der Waals surface area contributed by atoms with Crippen molar-refractivity contribution in [1.82, 2.24) is 9.78 Å². The van der Waals surface area contributed by atoms with Crippen molar-refractivity contribution in [2.45, 2.75) is 51.9 Å². The molecule has 1 aliphatic carbocycles. The van der Waals surface area contributed by atoms with E-state index in [1.807, 2.05) is 47.1 Å². The van der Waals surface area contributed by atoms with Gasteiger partial charge >= 0.3 is 5.97 Å². The van der Waals surface area contributed by atoms with Crippen LogP contribution in [0.1, 0.15) is 37.9 Å². The summed E-state index contributed by atoms with van der Waals surface area (Å²) in [4.78, 5) is 12.0. The molecule has 1 aromatic heterocycles. The molecule has 1 fully saturated rings. The highest BCUT2D eigenvalue weighted by atomic mass is 16.6. The Kier molecular flexibility index (Phi) is 5.83. The van der Waals surface area contributed by atoms with Gasteiger partial charge in [0.05, 0.1) is 36.9 Å². The van der Waals surface area contributed by atoms with Crippen LogP contribution in [-0.4, -0.2) is 34.6 Å². The van der Waals surface area contributed by atoms with Gasteiger partial charge in [0.1, 0.15) is 5.75 Å². The van der Waals surface area contributed by atoms with Crippen molar-refractivity contribution in [3.8, 4) is 22.7 Å². The summed E-state index contributed by atoms with van der Waals surface area (Å²) in [6.45, 7) is 5.63. The van der Waals surface area contributed by atoms with E-state index in [2.05, 4.69) is 19.1 Å². The standard InChI is InChI=1S/C25H28N2O4/c1-17-8-5-6-11-22(17)27-23(18-9-7-10-21(14-18)31-20-12-13-20)15-19(26-27)16-30-25(2,3)24(28)29-4/h5-11,14-15,20H,12-13,16H2,1-4H3. The molecule has 2 aromatic carbocycles. The quantitative estimate of drug-likeness (QED) is 0.487. The van der Waals surface area contributed by atoms with Crippen LogP contribution in [0.15, 0.2) is 54.6 Å². The van der Waals surface area contributed by atoms with Crippen LogP contribution in [-0.2, 0) is 20.9 Å². The zero-order valence-corrected chi connectivity index (χ0v) is 18.4. The average molecular weight is 421 g/mol. The minimum Gasteiger partial charge on any atom is -0.490 e. The third-order valence-corrected chi connectivity index (χ3v) is 5.32. The first kappa shape index (κ1) is 21.1. The Balaban J connectivity index is 1.69. The number of aryl methyl sites for hydroxylation is 1. The monoisotopic (exact) mass is 420 g/mol. The SMILES string of the molecule is COC(=O)C(C)(C)OCc1cc(-c2cccc(OC3CC3)c2)n(-c2ccccc2C)n1. The summed E-state index contributed by atoms with van der Waals surface area (Å²) in [6.07, 6.45) is 2.56. The molecule has 0 aliphatic heterocycles. The summed E-state index contributed by atoms with van der Waals surface area (Å²) in [5, 5.41) is 4.81. The maximum absolute atomic E-state index is 12.0. The molecule has 1 heterocycles. The average Bonchev–Trinajstić information content (AvgIpc) is 3.47.